The molecule has 0 saturated carbocycles. The van der Waals surface area contributed by atoms with Gasteiger partial charge in [-0.05, 0) is 43.7 Å². The topological polar surface area (TPSA) is 113 Å². The van der Waals surface area contributed by atoms with Crippen LogP contribution in [0.25, 0.3) is 11.3 Å². The van der Waals surface area contributed by atoms with E-state index in [1.54, 1.807) is 24.3 Å². The van der Waals surface area contributed by atoms with E-state index in [0.717, 1.165) is 30.0 Å². The first-order valence-electron chi connectivity index (χ1n) is 12.2. The van der Waals surface area contributed by atoms with Crippen LogP contribution >= 0.6 is 11.3 Å². The molecule has 2 aromatic carbocycles. The van der Waals surface area contributed by atoms with Crippen LogP contribution in [-0.4, -0.2) is 67.0 Å². The third kappa shape index (κ3) is 5.83. The van der Waals surface area contributed by atoms with Crippen molar-refractivity contribution in [2.75, 3.05) is 43.1 Å². The molecule has 0 bridgehead atoms. The minimum atomic E-state index is -1.06. The standard InChI is InChI=1S/C27H30N4O5S/c1-17-12-31(13-18(2)36-17)22-8-4-5-19(10-22)23-14-37-26(29-23)30-24(32)11-28-25(33)20-6-3-7-21(9-20)27(34)15-35-16-27/h3-10,14,17-18,34H,11-13,15-16H2,1-2H3,(H,28,33)(H,29,30,32)/t17-,18+. The van der Waals surface area contributed by atoms with Gasteiger partial charge in [-0.1, -0.05) is 24.3 Å². The number of benzene rings is 2. The number of rotatable bonds is 7. The molecular weight excluding hydrogens is 492 g/mol. The molecule has 3 N–H and O–H groups in total. The third-order valence-electron chi connectivity index (χ3n) is 6.43. The van der Waals surface area contributed by atoms with E-state index in [0.29, 0.717) is 16.3 Å². The Morgan fingerprint density at radius 3 is 2.62 bits per heavy atom. The number of nitrogens with zero attached hydrogens (tertiary/aromatic N) is 2. The van der Waals surface area contributed by atoms with Gasteiger partial charge in [-0.2, -0.15) is 0 Å². The third-order valence-corrected chi connectivity index (χ3v) is 7.19. The van der Waals surface area contributed by atoms with E-state index in [1.807, 2.05) is 17.5 Å². The molecule has 2 fully saturated rings. The van der Waals surface area contributed by atoms with Crippen molar-refractivity contribution in [1.82, 2.24) is 10.3 Å². The summed E-state index contributed by atoms with van der Waals surface area (Å²) in [4.78, 5) is 31.9. The molecule has 3 heterocycles. The smallest absolute Gasteiger partial charge is 0.251 e. The molecule has 9 nitrogen and oxygen atoms in total. The average molecular weight is 523 g/mol. The maximum absolute atomic E-state index is 12.6. The lowest BCUT2D eigenvalue weighted by Crippen LogP contribution is -2.46. The number of morpholine rings is 1. The number of aromatic nitrogens is 1. The van der Waals surface area contributed by atoms with Crippen molar-refractivity contribution in [1.29, 1.82) is 0 Å². The maximum atomic E-state index is 12.6. The van der Waals surface area contributed by atoms with Gasteiger partial charge in [-0.25, -0.2) is 4.98 Å². The molecule has 0 unspecified atom stereocenters. The maximum Gasteiger partial charge on any atom is 0.251 e. The van der Waals surface area contributed by atoms with Crippen LogP contribution in [0, 0.1) is 0 Å². The second-order valence-corrected chi connectivity index (χ2v) is 10.4. The normalized spacial score (nSPS) is 20.7. The van der Waals surface area contributed by atoms with Gasteiger partial charge < -0.3 is 30.1 Å². The molecule has 0 aliphatic carbocycles. The largest absolute Gasteiger partial charge is 0.380 e. The van der Waals surface area contributed by atoms with Crippen molar-refractivity contribution in [2.24, 2.45) is 0 Å². The summed E-state index contributed by atoms with van der Waals surface area (Å²) in [5.41, 5.74) is 2.78. The van der Waals surface area contributed by atoms with Crippen molar-refractivity contribution in [3.05, 3.63) is 65.0 Å². The van der Waals surface area contributed by atoms with Gasteiger partial charge in [-0.15, -0.1) is 11.3 Å². The van der Waals surface area contributed by atoms with E-state index in [-0.39, 0.29) is 37.9 Å². The van der Waals surface area contributed by atoms with Crippen LogP contribution in [0.2, 0.25) is 0 Å². The lowest BCUT2D eigenvalue weighted by atomic mass is 9.91. The van der Waals surface area contributed by atoms with Gasteiger partial charge in [0.05, 0.1) is 37.7 Å². The Balaban J connectivity index is 1.17. The minimum absolute atomic E-state index is 0.168. The zero-order valence-electron chi connectivity index (χ0n) is 20.8. The summed E-state index contributed by atoms with van der Waals surface area (Å²) >= 11 is 1.33. The molecule has 0 radical (unpaired) electrons. The number of amides is 2. The summed E-state index contributed by atoms with van der Waals surface area (Å²) in [6, 6.07) is 14.9. The Morgan fingerprint density at radius 1 is 1.14 bits per heavy atom. The number of hydrogen-bond acceptors (Lipinski definition) is 8. The van der Waals surface area contributed by atoms with Gasteiger partial charge in [0.25, 0.3) is 5.91 Å². The summed E-state index contributed by atoms with van der Waals surface area (Å²) in [5, 5.41) is 18.2. The predicted molar refractivity (Wildman–Crippen MR) is 142 cm³/mol. The number of hydrogen-bond donors (Lipinski definition) is 3. The molecule has 1 aromatic heterocycles. The minimum Gasteiger partial charge on any atom is -0.380 e. The van der Waals surface area contributed by atoms with Crippen LogP contribution in [0.1, 0.15) is 29.8 Å². The Morgan fingerprint density at radius 2 is 1.89 bits per heavy atom. The highest BCUT2D eigenvalue weighted by molar-refractivity contribution is 7.14. The predicted octanol–water partition coefficient (Wildman–Crippen LogP) is 3.01. The molecule has 10 heteroatoms. The number of ether oxygens (including phenoxy) is 2. The Hall–Kier alpha value is -3.31. The van der Waals surface area contributed by atoms with Crippen molar-refractivity contribution in [2.45, 2.75) is 31.7 Å². The number of nitrogens with one attached hydrogen (secondary N) is 2. The number of aliphatic hydroxyl groups is 1. The van der Waals surface area contributed by atoms with Gasteiger partial charge in [-0.3, -0.25) is 9.59 Å². The lowest BCUT2D eigenvalue weighted by Gasteiger charge is -2.37. The van der Waals surface area contributed by atoms with E-state index in [2.05, 4.69) is 46.5 Å². The van der Waals surface area contributed by atoms with Crippen LogP contribution in [0.3, 0.4) is 0 Å². The van der Waals surface area contributed by atoms with Gasteiger partial charge in [0.1, 0.15) is 5.60 Å². The van der Waals surface area contributed by atoms with Crippen molar-refractivity contribution in [3.63, 3.8) is 0 Å². The highest BCUT2D eigenvalue weighted by Gasteiger charge is 2.38. The first kappa shape index (κ1) is 25.3. The van der Waals surface area contributed by atoms with Crippen LogP contribution in [0.4, 0.5) is 10.8 Å². The van der Waals surface area contributed by atoms with E-state index < -0.39 is 11.5 Å². The van der Waals surface area contributed by atoms with Crippen molar-refractivity contribution >= 4 is 34.0 Å². The van der Waals surface area contributed by atoms with E-state index in [9.17, 15) is 14.7 Å². The Bertz CT molecular complexity index is 1280. The van der Waals surface area contributed by atoms with Crippen LogP contribution < -0.4 is 15.5 Å². The first-order chi connectivity index (χ1) is 17.8. The number of thiazole rings is 1. The monoisotopic (exact) mass is 522 g/mol. The van der Waals surface area contributed by atoms with Crippen LogP contribution in [0.5, 0.6) is 0 Å². The van der Waals surface area contributed by atoms with Gasteiger partial charge in [0.15, 0.2) is 5.13 Å². The van der Waals surface area contributed by atoms with E-state index in [4.69, 9.17) is 9.47 Å². The average Bonchev–Trinajstić information content (AvgIpc) is 3.34. The fourth-order valence-corrected chi connectivity index (χ4v) is 5.29. The molecule has 2 aliphatic rings. The molecule has 194 valence electrons. The summed E-state index contributed by atoms with van der Waals surface area (Å²) < 4.78 is 10.9. The highest BCUT2D eigenvalue weighted by Crippen LogP contribution is 2.30. The van der Waals surface area contributed by atoms with Crippen molar-refractivity contribution in [3.8, 4) is 11.3 Å². The summed E-state index contributed by atoms with van der Waals surface area (Å²) in [7, 11) is 0. The number of carbonyl (C=O) groups is 2. The Labute approximate surface area is 219 Å². The molecule has 2 atom stereocenters. The van der Waals surface area contributed by atoms with Crippen LogP contribution in [-0.2, 0) is 19.9 Å². The van der Waals surface area contributed by atoms with Crippen molar-refractivity contribution < 1.29 is 24.2 Å². The Kier molecular flexibility index (Phi) is 7.25. The van der Waals surface area contributed by atoms with E-state index >= 15 is 0 Å². The quantitative estimate of drug-likeness (QED) is 0.437. The van der Waals surface area contributed by atoms with Gasteiger partial charge in [0, 0.05) is 35.3 Å². The molecule has 2 aliphatic heterocycles. The zero-order valence-corrected chi connectivity index (χ0v) is 21.6. The first-order valence-corrected chi connectivity index (χ1v) is 13.1. The second-order valence-electron chi connectivity index (χ2n) is 9.59. The number of anilines is 2. The molecule has 37 heavy (non-hydrogen) atoms. The second kappa shape index (κ2) is 10.6. The summed E-state index contributed by atoms with van der Waals surface area (Å²) in [6.07, 6.45) is 0.336. The van der Waals surface area contributed by atoms with Crippen LogP contribution in [0.15, 0.2) is 53.9 Å². The fraction of sp³-hybridized carbons (Fsp3) is 0.370. The summed E-state index contributed by atoms with van der Waals surface area (Å²) in [5.74, 6) is -0.772. The molecular formula is C27H30N4O5S. The van der Waals surface area contributed by atoms with Gasteiger partial charge >= 0.3 is 0 Å². The summed E-state index contributed by atoms with van der Waals surface area (Å²) in [6.45, 7) is 6.02. The van der Waals surface area contributed by atoms with E-state index in [1.165, 1.54) is 11.3 Å². The molecule has 2 saturated heterocycles. The zero-order chi connectivity index (χ0) is 26.0. The highest BCUT2D eigenvalue weighted by atomic mass is 32.1. The molecule has 0 spiro atoms. The lowest BCUT2D eigenvalue weighted by molar-refractivity contribution is -0.184. The molecule has 5 rings (SSSR count). The fourth-order valence-electron chi connectivity index (χ4n) is 4.55. The van der Waals surface area contributed by atoms with Gasteiger partial charge in [0.2, 0.25) is 5.91 Å². The molecule has 2 amide bonds. The SMILES string of the molecule is C[C@@H]1CN(c2cccc(-c3csc(NC(=O)CNC(=O)c4cccc(C5(O)COC5)c4)n3)c2)C[C@H](C)O1. The molecule has 3 aromatic rings. The number of carbonyl (C=O) groups excluding carboxylic acids is 2.